The third kappa shape index (κ3) is 3.89. The monoisotopic (exact) mass is 390 g/mol. The molecule has 6 heteroatoms. The van der Waals surface area contributed by atoms with E-state index in [4.69, 9.17) is 16.6 Å². The lowest BCUT2D eigenvalue weighted by Gasteiger charge is -2.11. The van der Waals surface area contributed by atoms with Gasteiger partial charge in [0.2, 0.25) is 5.91 Å². The van der Waals surface area contributed by atoms with Gasteiger partial charge in [-0.25, -0.2) is 4.98 Å². The van der Waals surface area contributed by atoms with Crippen LogP contribution < -0.4 is 5.32 Å². The number of carbonyl (C=O) groups is 1. The molecule has 4 rings (SSSR count). The first kappa shape index (κ1) is 18.2. The van der Waals surface area contributed by atoms with Crippen LogP contribution in [0.2, 0.25) is 5.02 Å². The van der Waals surface area contributed by atoms with Crippen LogP contribution in [0.1, 0.15) is 5.69 Å². The number of benzene rings is 2. The van der Waals surface area contributed by atoms with E-state index in [1.165, 1.54) is 0 Å². The Balaban J connectivity index is 1.56. The number of hydrogen-bond donors (Lipinski definition) is 1. The molecule has 0 saturated heterocycles. The van der Waals surface area contributed by atoms with Crippen molar-refractivity contribution in [2.45, 2.75) is 13.0 Å². The van der Waals surface area contributed by atoms with Gasteiger partial charge in [-0.3, -0.25) is 9.78 Å². The number of pyridine rings is 1. The van der Waals surface area contributed by atoms with E-state index in [0.717, 1.165) is 22.3 Å². The number of nitrogens with one attached hydrogen (secondary N) is 1. The minimum atomic E-state index is -0.0765. The van der Waals surface area contributed by atoms with Crippen LogP contribution in [0.5, 0.6) is 0 Å². The molecule has 2 aromatic heterocycles. The topological polar surface area (TPSA) is 59.8 Å². The normalized spacial score (nSPS) is 10.9. The number of nitrogens with zero attached hydrogens (tertiary/aromatic N) is 3. The van der Waals surface area contributed by atoms with E-state index < -0.39 is 0 Å². The number of halogens is 1. The Kier molecular flexibility index (Phi) is 5.35. The zero-order chi connectivity index (χ0) is 19.3. The number of para-hydroxylation sites is 2. The van der Waals surface area contributed by atoms with Gasteiger partial charge >= 0.3 is 0 Å². The van der Waals surface area contributed by atoms with E-state index >= 15 is 0 Å². The van der Waals surface area contributed by atoms with Crippen LogP contribution in [0.15, 0.2) is 72.9 Å². The van der Waals surface area contributed by atoms with Crippen molar-refractivity contribution in [2.24, 2.45) is 0 Å². The van der Waals surface area contributed by atoms with Gasteiger partial charge < -0.3 is 9.88 Å². The van der Waals surface area contributed by atoms with Crippen LogP contribution in [-0.4, -0.2) is 27.0 Å². The highest BCUT2D eigenvalue weighted by Gasteiger charge is 2.16. The molecule has 0 atom stereocenters. The van der Waals surface area contributed by atoms with Gasteiger partial charge in [0.05, 0.1) is 16.1 Å². The predicted molar refractivity (Wildman–Crippen MR) is 111 cm³/mol. The lowest BCUT2D eigenvalue weighted by Crippen LogP contribution is -2.29. The van der Waals surface area contributed by atoms with Gasteiger partial charge in [-0.2, -0.15) is 0 Å². The number of fused-ring (bicyclic) bond motifs is 1. The standard InChI is InChI=1S/C22H19ClN4O/c23-18-9-2-1-8-17(18)22-26-19-10-3-4-11-20(19)27(22)15-21(28)25-14-12-16-7-5-6-13-24-16/h1-11,13H,12,14-15H2,(H,25,28). The largest absolute Gasteiger partial charge is 0.354 e. The van der Waals surface area contributed by atoms with Crippen LogP contribution in [0.25, 0.3) is 22.4 Å². The zero-order valence-electron chi connectivity index (χ0n) is 15.2. The molecular formula is C22H19ClN4O. The van der Waals surface area contributed by atoms with Gasteiger partial charge in [-0.1, -0.05) is 41.9 Å². The molecule has 2 aromatic carbocycles. The number of amides is 1. The molecule has 4 aromatic rings. The SMILES string of the molecule is O=C(Cn1c(-c2ccccc2Cl)nc2ccccc21)NCCc1ccccn1. The van der Waals surface area contributed by atoms with E-state index in [2.05, 4.69) is 10.3 Å². The summed E-state index contributed by atoms with van der Waals surface area (Å²) in [6.07, 6.45) is 2.44. The van der Waals surface area contributed by atoms with Crippen LogP contribution in [-0.2, 0) is 17.8 Å². The second-order valence-corrected chi connectivity index (χ2v) is 6.82. The molecule has 0 aliphatic heterocycles. The smallest absolute Gasteiger partial charge is 0.240 e. The Morgan fingerprint density at radius 1 is 1.00 bits per heavy atom. The van der Waals surface area contributed by atoms with Crippen LogP contribution in [0.4, 0.5) is 0 Å². The number of carbonyl (C=O) groups excluding carboxylic acids is 1. The number of rotatable bonds is 6. The van der Waals surface area contributed by atoms with E-state index in [9.17, 15) is 4.79 Å². The van der Waals surface area contributed by atoms with E-state index in [0.29, 0.717) is 23.8 Å². The molecule has 140 valence electrons. The molecule has 0 saturated carbocycles. The summed E-state index contributed by atoms with van der Waals surface area (Å²) in [6, 6.07) is 21.1. The van der Waals surface area contributed by atoms with Crippen LogP contribution in [0.3, 0.4) is 0 Å². The fourth-order valence-corrected chi connectivity index (χ4v) is 3.38. The van der Waals surface area contributed by atoms with Crippen LogP contribution >= 0.6 is 11.6 Å². The van der Waals surface area contributed by atoms with Crippen molar-refractivity contribution in [2.75, 3.05) is 6.54 Å². The first-order chi connectivity index (χ1) is 13.7. The summed E-state index contributed by atoms with van der Waals surface area (Å²) in [7, 11) is 0. The molecule has 28 heavy (non-hydrogen) atoms. The van der Waals surface area contributed by atoms with Crippen molar-refractivity contribution in [3.8, 4) is 11.4 Å². The van der Waals surface area contributed by atoms with Gasteiger partial charge in [0.1, 0.15) is 12.4 Å². The zero-order valence-corrected chi connectivity index (χ0v) is 15.9. The fraction of sp³-hybridized carbons (Fsp3) is 0.136. The lowest BCUT2D eigenvalue weighted by molar-refractivity contribution is -0.121. The van der Waals surface area contributed by atoms with E-state index in [-0.39, 0.29) is 12.5 Å². The molecule has 2 heterocycles. The molecule has 1 amide bonds. The van der Waals surface area contributed by atoms with Gasteiger partial charge in [0.15, 0.2) is 0 Å². The summed E-state index contributed by atoms with van der Waals surface area (Å²) in [6.45, 7) is 0.702. The van der Waals surface area contributed by atoms with Crippen LogP contribution in [0, 0.1) is 0 Å². The molecule has 0 bridgehead atoms. The second kappa shape index (κ2) is 8.23. The Morgan fingerprint density at radius 3 is 2.61 bits per heavy atom. The fourth-order valence-electron chi connectivity index (χ4n) is 3.16. The number of imidazole rings is 1. The maximum Gasteiger partial charge on any atom is 0.240 e. The molecule has 0 fully saturated rings. The molecule has 0 aliphatic rings. The molecule has 0 aliphatic carbocycles. The minimum Gasteiger partial charge on any atom is -0.354 e. The summed E-state index contributed by atoms with van der Waals surface area (Å²) < 4.78 is 1.91. The van der Waals surface area contributed by atoms with Gasteiger partial charge in [0.25, 0.3) is 0 Å². The van der Waals surface area contributed by atoms with E-state index in [1.807, 2.05) is 71.3 Å². The first-order valence-corrected chi connectivity index (χ1v) is 9.47. The first-order valence-electron chi connectivity index (χ1n) is 9.09. The summed E-state index contributed by atoms with van der Waals surface area (Å²) in [5.41, 5.74) is 3.49. The Hall–Kier alpha value is -3.18. The van der Waals surface area contributed by atoms with Crippen molar-refractivity contribution in [3.63, 3.8) is 0 Å². The summed E-state index contributed by atoms with van der Waals surface area (Å²) in [5.74, 6) is 0.610. The summed E-state index contributed by atoms with van der Waals surface area (Å²) >= 11 is 6.39. The molecule has 5 nitrogen and oxygen atoms in total. The highest BCUT2D eigenvalue weighted by Crippen LogP contribution is 2.30. The maximum absolute atomic E-state index is 12.6. The lowest BCUT2D eigenvalue weighted by atomic mass is 10.2. The average Bonchev–Trinajstić information content (AvgIpc) is 3.07. The quantitative estimate of drug-likeness (QED) is 0.539. The Bertz CT molecular complexity index is 1110. The molecule has 0 radical (unpaired) electrons. The van der Waals surface area contributed by atoms with Gasteiger partial charge in [0, 0.05) is 30.4 Å². The second-order valence-electron chi connectivity index (χ2n) is 6.41. The highest BCUT2D eigenvalue weighted by atomic mass is 35.5. The van der Waals surface area contributed by atoms with Crippen molar-refractivity contribution < 1.29 is 4.79 Å². The van der Waals surface area contributed by atoms with Crippen molar-refractivity contribution >= 4 is 28.5 Å². The van der Waals surface area contributed by atoms with Gasteiger partial charge in [-0.05, 0) is 36.4 Å². The Morgan fingerprint density at radius 2 is 1.79 bits per heavy atom. The van der Waals surface area contributed by atoms with Gasteiger partial charge in [-0.15, -0.1) is 0 Å². The maximum atomic E-state index is 12.6. The predicted octanol–water partition coefficient (Wildman–Crippen LogP) is 4.11. The number of aromatic nitrogens is 3. The third-order valence-electron chi connectivity index (χ3n) is 4.50. The number of hydrogen-bond acceptors (Lipinski definition) is 3. The average molecular weight is 391 g/mol. The molecular weight excluding hydrogens is 372 g/mol. The Labute approximate surface area is 168 Å². The summed E-state index contributed by atoms with van der Waals surface area (Å²) in [5, 5.41) is 3.57. The van der Waals surface area contributed by atoms with E-state index in [1.54, 1.807) is 6.20 Å². The van der Waals surface area contributed by atoms with Crippen molar-refractivity contribution in [1.29, 1.82) is 0 Å². The molecule has 0 unspecified atom stereocenters. The van der Waals surface area contributed by atoms with Crippen molar-refractivity contribution in [3.05, 3.63) is 83.6 Å². The molecule has 1 N–H and O–H groups in total. The molecule has 0 spiro atoms. The third-order valence-corrected chi connectivity index (χ3v) is 4.83. The van der Waals surface area contributed by atoms with Crippen molar-refractivity contribution in [1.82, 2.24) is 19.9 Å². The summed E-state index contributed by atoms with van der Waals surface area (Å²) in [4.78, 5) is 21.6. The highest BCUT2D eigenvalue weighted by molar-refractivity contribution is 6.33. The minimum absolute atomic E-state index is 0.0765.